The molecule has 1 saturated carbocycles. The Kier molecular flexibility index (Phi) is 7.21. The average Bonchev–Trinajstić information content (AvgIpc) is 3.40. The number of benzene rings is 1. The van der Waals surface area contributed by atoms with Crippen molar-refractivity contribution in [3.05, 3.63) is 65.7 Å². The van der Waals surface area contributed by atoms with Crippen LogP contribution < -0.4 is 4.74 Å². The summed E-state index contributed by atoms with van der Waals surface area (Å²) in [6.45, 7) is 9.42. The number of nitrogens with zero attached hydrogens (tertiary/aromatic N) is 6. The number of hydrogen-bond acceptors (Lipinski definition) is 9. The van der Waals surface area contributed by atoms with E-state index in [0.717, 1.165) is 76.8 Å². The second-order valence-electron chi connectivity index (χ2n) is 14.0. The van der Waals surface area contributed by atoms with E-state index in [4.69, 9.17) is 19.2 Å². The van der Waals surface area contributed by atoms with Gasteiger partial charge in [0.15, 0.2) is 4.96 Å². The van der Waals surface area contributed by atoms with Crippen LogP contribution in [0.3, 0.4) is 0 Å². The summed E-state index contributed by atoms with van der Waals surface area (Å²) in [6.07, 6.45) is 5.87. The number of likely N-dealkylation sites (tertiary alicyclic amines) is 2. The molecule has 0 N–H and O–H groups in total. The lowest BCUT2D eigenvalue weighted by atomic mass is 9.93. The van der Waals surface area contributed by atoms with E-state index in [0.29, 0.717) is 48.5 Å². The highest BCUT2D eigenvalue weighted by molar-refractivity contribution is 7.23. The summed E-state index contributed by atoms with van der Waals surface area (Å²) in [7, 11) is 0. The molecule has 2 saturated heterocycles. The van der Waals surface area contributed by atoms with Gasteiger partial charge in [0.05, 0.1) is 23.3 Å². The highest BCUT2D eigenvalue weighted by Crippen LogP contribution is 2.37. The van der Waals surface area contributed by atoms with Crippen LogP contribution in [0.4, 0.5) is 0 Å². The number of amides is 1. The number of ether oxygens (including phenoxy) is 1. The van der Waals surface area contributed by atoms with E-state index in [1.165, 1.54) is 0 Å². The predicted molar refractivity (Wildman–Crippen MR) is 175 cm³/mol. The maximum atomic E-state index is 12.7. The van der Waals surface area contributed by atoms with Crippen LogP contribution in [0.5, 0.6) is 5.88 Å². The molecule has 10 nitrogen and oxygen atoms in total. The third-order valence-electron chi connectivity index (χ3n) is 9.46. The molecular formula is C35H38N6O4S. The van der Waals surface area contributed by atoms with Crippen LogP contribution in [0.25, 0.3) is 26.6 Å². The fraction of sp³-hybridized carbons (Fsp3) is 0.457. The molecule has 4 aromatic heterocycles. The van der Waals surface area contributed by atoms with Gasteiger partial charge in [-0.05, 0) is 30.9 Å². The maximum absolute atomic E-state index is 12.7. The van der Waals surface area contributed by atoms with Crippen LogP contribution in [-0.2, 0) is 27.8 Å². The quantitative estimate of drug-likeness (QED) is 0.202. The summed E-state index contributed by atoms with van der Waals surface area (Å²) in [5.74, 6) is 2.19. The Bertz CT molecular complexity index is 1930. The van der Waals surface area contributed by atoms with Gasteiger partial charge in [0.1, 0.15) is 23.0 Å². The predicted octanol–water partition coefficient (Wildman–Crippen LogP) is 5.32. The Hall–Kier alpha value is -4.09. The van der Waals surface area contributed by atoms with E-state index in [1.807, 2.05) is 48.7 Å². The monoisotopic (exact) mass is 638 g/mol. The van der Waals surface area contributed by atoms with Crippen molar-refractivity contribution >= 4 is 38.3 Å². The minimum absolute atomic E-state index is 0.0996. The number of fused-ring (bicyclic) bond motifs is 5. The summed E-state index contributed by atoms with van der Waals surface area (Å²) in [4.78, 5) is 41.2. The van der Waals surface area contributed by atoms with Crippen LogP contribution in [0.15, 0.2) is 53.2 Å². The summed E-state index contributed by atoms with van der Waals surface area (Å²) in [5.41, 5.74) is 4.36. The van der Waals surface area contributed by atoms with Gasteiger partial charge in [0.2, 0.25) is 11.8 Å². The van der Waals surface area contributed by atoms with Gasteiger partial charge in [0, 0.05) is 73.4 Å². The molecule has 1 aromatic carbocycles. The Balaban J connectivity index is 0.861. The third kappa shape index (κ3) is 5.71. The SMILES string of the molecule is CC(C)(C)c1cc(CC(=O)Cc2ccc(-c3cn4c(n3)sc3nc(OCCN5C[C@@H]6C[C@H]5CN6C(=O)C5CC5)ccc34)cc2)no1. The first-order chi connectivity index (χ1) is 22.2. The van der Waals surface area contributed by atoms with Crippen molar-refractivity contribution in [1.29, 1.82) is 0 Å². The first-order valence-electron chi connectivity index (χ1n) is 16.2. The highest BCUT2D eigenvalue weighted by Gasteiger charge is 2.47. The van der Waals surface area contributed by atoms with E-state index < -0.39 is 0 Å². The Morgan fingerprint density at radius 1 is 1.02 bits per heavy atom. The van der Waals surface area contributed by atoms with Crippen molar-refractivity contribution in [2.45, 2.75) is 70.4 Å². The number of rotatable bonds is 10. The fourth-order valence-corrected chi connectivity index (χ4v) is 7.72. The van der Waals surface area contributed by atoms with Crippen molar-refractivity contribution in [1.82, 2.24) is 29.3 Å². The summed E-state index contributed by atoms with van der Waals surface area (Å²) in [5, 5.41) is 4.08. The first-order valence-corrected chi connectivity index (χ1v) is 17.0. The number of carbonyl (C=O) groups excluding carboxylic acids is 2. The fourth-order valence-electron chi connectivity index (χ4n) is 6.75. The molecule has 2 aliphatic heterocycles. The first kappa shape index (κ1) is 29.3. The third-order valence-corrected chi connectivity index (χ3v) is 10.4. The second kappa shape index (κ2) is 11.3. The Morgan fingerprint density at radius 2 is 1.85 bits per heavy atom. The number of hydrogen-bond donors (Lipinski definition) is 0. The number of pyridine rings is 1. The van der Waals surface area contributed by atoms with Gasteiger partial charge in [-0.25, -0.2) is 9.97 Å². The minimum atomic E-state index is -0.137. The second-order valence-corrected chi connectivity index (χ2v) is 15.0. The molecule has 3 aliphatic rings. The van der Waals surface area contributed by atoms with Gasteiger partial charge < -0.3 is 14.2 Å². The molecule has 0 spiro atoms. The zero-order chi connectivity index (χ0) is 31.6. The Morgan fingerprint density at radius 3 is 2.57 bits per heavy atom. The lowest BCUT2D eigenvalue weighted by Crippen LogP contribution is -2.50. The number of Topliss-reactive ketones (excluding diaryl/α,β-unsaturated/α-hetero) is 1. The van der Waals surface area contributed by atoms with Crippen molar-refractivity contribution in [2.75, 3.05) is 26.2 Å². The number of aromatic nitrogens is 4. The highest BCUT2D eigenvalue weighted by atomic mass is 32.1. The van der Waals surface area contributed by atoms with Crippen LogP contribution in [0.1, 0.15) is 57.1 Å². The van der Waals surface area contributed by atoms with E-state index >= 15 is 0 Å². The van der Waals surface area contributed by atoms with Gasteiger partial charge in [-0.15, -0.1) is 0 Å². The maximum Gasteiger partial charge on any atom is 0.226 e. The smallest absolute Gasteiger partial charge is 0.226 e. The van der Waals surface area contributed by atoms with Gasteiger partial charge in [-0.2, -0.15) is 0 Å². The minimum Gasteiger partial charge on any atom is -0.476 e. The van der Waals surface area contributed by atoms with E-state index in [-0.39, 0.29) is 17.6 Å². The standard InChI is InChI=1S/C35H38N6O4S/c1-35(2,3)30-16-24(38-45-30)15-27(42)14-21-4-6-22(7-5-21)28-20-41-29-10-11-31(37-32(29)46-34(41)36-28)44-13-12-39-18-26-17-25(39)19-40(26)33(43)23-8-9-23/h4-7,10-11,16,20,23,25-26H,8-9,12-15,17-19H2,1-3H3/t25-,26-/m0/s1. The van der Waals surface area contributed by atoms with Gasteiger partial charge in [-0.3, -0.25) is 18.9 Å². The van der Waals surface area contributed by atoms with Crippen LogP contribution in [-0.4, -0.2) is 79.3 Å². The van der Waals surface area contributed by atoms with Crippen LogP contribution >= 0.6 is 11.3 Å². The molecule has 2 atom stereocenters. The van der Waals surface area contributed by atoms with Crippen LogP contribution in [0, 0.1) is 5.92 Å². The number of carbonyl (C=O) groups is 2. The molecule has 46 heavy (non-hydrogen) atoms. The molecule has 238 valence electrons. The van der Waals surface area contributed by atoms with E-state index in [1.54, 1.807) is 11.3 Å². The largest absolute Gasteiger partial charge is 0.476 e. The van der Waals surface area contributed by atoms with Crippen molar-refractivity contribution < 1.29 is 18.8 Å². The normalized spacial score (nSPS) is 19.9. The summed E-state index contributed by atoms with van der Waals surface area (Å²) in [6, 6.07) is 14.7. The lowest BCUT2D eigenvalue weighted by Gasteiger charge is -2.34. The van der Waals surface area contributed by atoms with Crippen LogP contribution in [0.2, 0.25) is 0 Å². The molecule has 0 unspecified atom stereocenters. The van der Waals surface area contributed by atoms with Gasteiger partial charge in [0.25, 0.3) is 0 Å². The van der Waals surface area contributed by atoms with Crippen molar-refractivity contribution in [3.8, 4) is 17.1 Å². The van der Waals surface area contributed by atoms with E-state index in [2.05, 4.69) is 40.1 Å². The number of thiazole rings is 1. The molecule has 8 rings (SSSR count). The molecule has 6 heterocycles. The lowest BCUT2D eigenvalue weighted by molar-refractivity contribution is -0.134. The summed E-state index contributed by atoms with van der Waals surface area (Å²) >= 11 is 1.54. The number of piperazine rings is 1. The molecule has 0 radical (unpaired) electrons. The Labute approximate surface area is 271 Å². The van der Waals surface area contributed by atoms with Gasteiger partial charge >= 0.3 is 0 Å². The average molecular weight is 639 g/mol. The molecule has 11 heteroatoms. The van der Waals surface area contributed by atoms with Gasteiger partial charge in [-0.1, -0.05) is 61.5 Å². The zero-order valence-corrected chi connectivity index (χ0v) is 27.3. The molecule has 2 bridgehead atoms. The molecule has 1 aliphatic carbocycles. The molecule has 1 amide bonds. The molecule has 3 fully saturated rings. The number of imidazole rings is 1. The summed E-state index contributed by atoms with van der Waals surface area (Å²) < 4.78 is 13.6. The molecule has 5 aromatic rings. The zero-order valence-electron chi connectivity index (χ0n) is 26.4. The van der Waals surface area contributed by atoms with Crippen molar-refractivity contribution in [2.24, 2.45) is 5.92 Å². The van der Waals surface area contributed by atoms with Crippen molar-refractivity contribution in [3.63, 3.8) is 0 Å². The number of ketones is 1. The van der Waals surface area contributed by atoms with E-state index in [9.17, 15) is 9.59 Å². The topological polar surface area (TPSA) is 106 Å². The molecular weight excluding hydrogens is 600 g/mol.